The van der Waals surface area contributed by atoms with Crippen molar-refractivity contribution in [1.82, 2.24) is 0 Å². The molecule has 0 N–H and O–H groups in total. The number of benzene rings is 1. The molecule has 17 heavy (non-hydrogen) atoms. The van der Waals surface area contributed by atoms with Gasteiger partial charge in [-0.15, -0.1) is 0 Å². The zero-order valence-electron chi connectivity index (χ0n) is 10.9. The molecule has 1 rings (SSSR count). The molecular formula is C15H22O2. The molecule has 0 amide bonds. The summed E-state index contributed by atoms with van der Waals surface area (Å²) in [5.74, 6) is 1.08. The smallest absolute Gasteiger partial charge is 0.162 e. The van der Waals surface area contributed by atoms with Crippen LogP contribution in [-0.4, -0.2) is 12.4 Å². The zero-order valence-corrected chi connectivity index (χ0v) is 10.9. The van der Waals surface area contributed by atoms with Gasteiger partial charge in [-0.2, -0.15) is 0 Å². The van der Waals surface area contributed by atoms with Gasteiger partial charge in [-0.3, -0.25) is 4.79 Å². The molecule has 0 radical (unpaired) electrons. The Morgan fingerprint density at radius 3 is 2.35 bits per heavy atom. The maximum atomic E-state index is 11.8. The summed E-state index contributed by atoms with van der Waals surface area (Å²) in [6.45, 7) is 4.94. The first kappa shape index (κ1) is 13.8. The van der Waals surface area contributed by atoms with Crippen LogP contribution < -0.4 is 4.74 Å². The van der Waals surface area contributed by atoms with E-state index in [0.717, 1.165) is 43.6 Å². The van der Waals surface area contributed by atoms with Crippen LogP contribution in [0.25, 0.3) is 0 Å². The largest absolute Gasteiger partial charge is 0.494 e. The number of rotatable bonds is 8. The summed E-state index contributed by atoms with van der Waals surface area (Å²) in [6.07, 6.45) is 4.92. The van der Waals surface area contributed by atoms with Crippen molar-refractivity contribution in [2.24, 2.45) is 0 Å². The van der Waals surface area contributed by atoms with Crippen LogP contribution in [0.1, 0.15) is 56.3 Å². The second-order valence-corrected chi connectivity index (χ2v) is 4.25. The van der Waals surface area contributed by atoms with Gasteiger partial charge in [-0.05, 0) is 37.1 Å². The number of Topliss-reactive ketones (excluding diaryl/α,β-unsaturated/α-hetero) is 1. The highest BCUT2D eigenvalue weighted by Gasteiger charge is 2.05. The second-order valence-electron chi connectivity index (χ2n) is 4.25. The number of carbonyl (C=O) groups excluding carboxylic acids is 1. The van der Waals surface area contributed by atoms with Crippen molar-refractivity contribution in [3.05, 3.63) is 29.8 Å². The van der Waals surface area contributed by atoms with E-state index >= 15 is 0 Å². The van der Waals surface area contributed by atoms with E-state index in [4.69, 9.17) is 4.74 Å². The summed E-state index contributed by atoms with van der Waals surface area (Å²) >= 11 is 0. The fourth-order valence-electron chi connectivity index (χ4n) is 1.64. The fourth-order valence-corrected chi connectivity index (χ4v) is 1.64. The van der Waals surface area contributed by atoms with Crippen LogP contribution in [0.2, 0.25) is 0 Å². The number of ketones is 1. The fraction of sp³-hybridized carbons (Fsp3) is 0.533. The van der Waals surface area contributed by atoms with E-state index < -0.39 is 0 Å². The van der Waals surface area contributed by atoms with Crippen molar-refractivity contribution in [2.45, 2.75) is 46.0 Å². The third kappa shape index (κ3) is 5.03. The molecule has 2 nitrogen and oxygen atoms in total. The summed E-state index contributed by atoms with van der Waals surface area (Å²) in [5, 5.41) is 0. The van der Waals surface area contributed by atoms with E-state index in [1.54, 1.807) is 0 Å². The third-order valence-electron chi connectivity index (χ3n) is 2.66. The molecule has 1 aromatic rings. The van der Waals surface area contributed by atoms with Crippen LogP contribution in [0.15, 0.2) is 24.3 Å². The summed E-state index contributed by atoms with van der Waals surface area (Å²) in [5.41, 5.74) is 0.796. The van der Waals surface area contributed by atoms with Crippen LogP contribution in [0, 0.1) is 0 Å². The van der Waals surface area contributed by atoms with Gasteiger partial charge in [0.1, 0.15) is 5.75 Å². The number of unbranched alkanes of at least 4 members (excludes halogenated alkanes) is 2. The number of hydrogen-bond donors (Lipinski definition) is 0. The molecule has 0 unspecified atom stereocenters. The lowest BCUT2D eigenvalue weighted by molar-refractivity contribution is 0.0979. The molecule has 0 aliphatic heterocycles. The van der Waals surface area contributed by atoms with Gasteiger partial charge in [-0.25, -0.2) is 0 Å². The van der Waals surface area contributed by atoms with Gasteiger partial charge in [0.05, 0.1) is 6.61 Å². The Balaban J connectivity index is 2.46. The molecule has 0 heterocycles. The van der Waals surface area contributed by atoms with E-state index in [0.29, 0.717) is 6.42 Å². The van der Waals surface area contributed by atoms with Crippen molar-refractivity contribution >= 4 is 5.78 Å². The molecule has 0 saturated heterocycles. The van der Waals surface area contributed by atoms with Crippen molar-refractivity contribution in [3.8, 4) is 5.75 Å². The number of ether oxygens (including phenoxy) is 1. The Morgan fingerprint density at radius 2 is 1.76 bits per heavy atom. The predicted molar refractivity (Wildman–Crippen MR) is 70.7 cm³/mol. The lowest BCUT2D eigenvalue weighted by Gasteiger charge is -2.05. The maximum Gasteiger partial charge on any atom is 0.162 e. The lowest BCUT2D eigenvalue weighted by Crippen LogP contribution is -2.00. The lowest BCUT2D eigenvalue weighted by atomic mass is 10.0. The Labute approximate surface area is 104 Å². The van der Waals surface area contributed by atoms with Crippen molar-refractivity contribution < 1.29 is 9.53 Å². The molecular weight excluding hydrogens is 212 g/mol. The first-order valence-electron chi connectivity index (χ1n) is 6.54. The van der Waals surface area contributed by atoms with Crippen LogP contribution in [-0.2, 0) is 0 Å². The molecule has 0 aromatic heterocycles. The number of carbonyl (C=O) groups is 1. The minimum Gasteiger partial charge on any atom is -0.494 e. The highest BCUT2D eigenvalue weighted by molar-refractivity contribution is 5.96. The maximum absolute atomic E-state index is 11.8. The molecule has 0 fully saturated rings. The molecule has 94 valence electrons. The quantitative estimate of drug-likeness (QED) is 0.497. The van der Waals surface area contributed by atoms with Crippen LogP contribution >= 0.6 is 0 Å². The van der Waals surface area contributed by atoms with E-state index in [1.807, 2.05) is 24.3 Å². The van der Waals surface area contributed by atoms with E-state index in [1.165, 1.54) is 0 Å². The molecule has 0 spiro atoms. The Bertz CT molecular complexity index is 327. The third-order valence-corrected chi connectivity index (χ3v) is 2.66. The van der Waals surface area contributed by atoms with Gasteiger partial charge in [0.2, 0.25) is 0 Å². The minimum atomic E-state index is 0.237. The van der Waals surface area contributed by atoms with E-state index in [-0.39, 0.29) is 5.78 Å². The van der Waals surface area contributed by atoms with Crippen LogP contribution in [0.4, 0.5) is 0 Å². The molecule has 0 atom stereocenters. The summed E-state index contributed by atoms with van der Waals surface area (Å²) < 4.78 is 5.48. The van der Waals surface area contributed by atoms with Gasteiger partial charge in [0, 0.05) is 12.0 Å². The summed E-state index contributed by atoms with van der Waals surface area (Å²) in [6, 6.07) is 7.48. The molecule has 2 heteroatoms. The Hall–Kier alpha value is -1.31. The average Bonchev–Trinajstić information content (AvgIpc) is 2.37. The van der Waals surface area contributed by atoms with Gasteiger partial charge >= 0.3 is 0 Å². The van der Waals surface area contributed by atoms with E-state index in [9.17, 15) is 4.79 Å². The first-order valence-corrected chi connectivity index (χ1v) is 6.54. The standard InChI is InChI=1S/C15H22O2/c1-3-5-6-7-15(16)13-8-10-14(11-9-13)17-12-4-2/h8-11H,3-7,12H2,1-2H3. The minimum absolute atomic E-state index is 0.237. The van der Waals surface area contributed by atoms with Crippen LogP contribution in [0.5, 0.6) is 5.75 Å². The summed E-state index contributed by atoms with van der Waals surface area (Å²) in [7, 11) is 0. The predicted octanol–water partition coefficient (Wildman–Crippen LogP) is 4.24. The highest BCUT2D eigenvalue weighted by Crippen LogP contribution is 2.14. The highest BCUT2D eigenvalue weighted by atomic mass is 16.5. The van der Waals surface area contributed by atoms with E-state index in [2.05, 4.69) is 13.8 Å². The molecule has 0 bridgehead atoms. The van der Waals surface area contributed by atoms with Gasteiger partial charge in [-0.1, -0.05) is 26.7 Å². The van der Waals surface area contributed by atoms with Crippen LogP contribution in [0.3, 0.4) is 0 Å². The average molecular weight is 234 g/mol. The van der Waals surface area contributed by atoms with Gasteiger partial charge < -0.3 is 4.74 Å². The van der Waals surface area contributed by atoms with Crippen molar-refractivity contribution in [3.63, 3.8) is 0 Å². The van der Waals surface area contributed by atoms with Gasteiger partial charge in [0.15, 0.2) is 5.78 Å². The number of hydrogen-bond acceptors (Lipinski definition) is 2. The first-order chi connectivity index (χ1) is 8.27. The summed E-state index contributed by atoms with van der Waals surface area (Å²) in [4.78, 5) is 11.8. The van der Waals surface area contributed by atoms with Crippen molar-refractivity contribution in [2.75, 3.05) is 6.61 Å². The molecule has 1 aromatic carbocycles. The topological polar surface area (TPSA) is 26.3 Å². The molecule has 0 saturated carbocycles. The van der Waals surface area contributed by atoms with Crippen molar-refractivity contribution in [1.29, 1.82) is 0 Å². The Kier molecular flexibility index (Phi) is 6.38. The molecule has 0 aliphatic carbocycles. The zero-order chi connectivity index (χ0) is 12.5. The Morgan fingerprint density at radius 1 is 1.06 bits per heavy atom. The SMILES string of the molecule is CCCCCC(=O)c1ccc(OCCC)cc1. The molecule has 0 aliphatic rings. The van der Waals surface area contributed by atoms with Gasteiger partial charge in [0.25, 0.3) is 0 Å². The normalized spacial score (nSPS) is 10.2. The monoisotopic (exact) mass is 234 g/mol. The second kappa shape index (κ2) is 7.88.